The van der Waals surface area contributed by atoms with Crippen molar-refractivity contribution in [3.05, 3.63) is 16.5 Å². The van der Waals surface area contributed by atoms with Crippen LogP contribution >= 0.6 is 11.3 Å². The van der Waals surface area contributed by atoms with Crippen molar-refractivity contribution in [1.82, 2.24) is 0 Å². The number of carbonyl (C=O) groups is 1. The number of carbonyl (C=O) groups excluding carboxylic acids is 1. The molecule has 2 N–H and O–H groups in total. The van der Waals surface area contributed by atoms with E-state index < -0.39 is 16.0 Å². The van der Waals surface area contributed by atoms with Crippen LogP contribution in [0.5, 0.6) is 0 Å². The number of nitrogens with two attached hydrogens (primary N) is 1. The number of thiophene rings is 1. The quantitative estimate of drug-likeness (QED) is 0.835. The van der Waals surface area contributed by atoms with Gasteiger partial charge in [-0.25, -0.2) is 18.4 Å². The fourth-order valence-electron chi connectivity index (χ4n) is 1.68. The Hall–Kier alpha value is -0.920. The lowest BCUT2D eigenvalue weighted by Gasteiger charge is -2.03. The van der Waals surface area contributed by atoms with E-state index in [4.69, 9.17) is 9.88 Å². The van der Waals surface area contributed by atoms with Crippen LogP contribution in [0, 0.1) is 12.8 Å². The van der Waals surface area contributed by atoms with Crippen molar-refractivity contribution >= 4 is 27.3 Å². The summed E-state index contributed by atoms with van der Waals surface area (Å²) in [7, 11) is -3.76. The number of hydrogen-bond acceptors (Lipinski definition) is 5. The van der Waals surface area contributed by atoms with Crippen LogP contribution in [-0.4, -0.2) is 21.0 Å². The van der Waals surface area contributed by atoms with E-state index in [0.717, 1.165) is 17.8 Å². The van der Waals surface area contributed by atoms with E-state index in [2.05, 4.69) is 0 Å². The minimum atomic E-state index is -3.76. The van der Waals surface area contributed by atoms with Gasteiger partial charge in [-0.05, 0) is 24.8 Å². The molecule has 0 saturated heterocycles. The second-order valence-corrected chi connectivity index (χ2v) is 7.11. The van der Waals surface area contributed by atoms with Crippen LogP contribution in [0.4, 0.5) is 0 Å². The Morgan fingerprint density at radius 1 is 1.56 bits per heavy atom. The molecule has 0 spiro atoms. The van der Waals surface area contributed by atoms with Gasteiger partial charge in [0, 0.05) is 5.38 Å². The summed E-state index contributed by atoms with van der Waals surface area (Å²) in [6, 6.07) is 0. The fraction of sp³-hybridized carbons (Fsp3) is 0.545. The van der Waals surface area contributed by atoms with Crippen LogP contribution in [0.1, 0.15) is 35.2 Å². The Bertz CT molecular complexity index is 558. The minimum Gasteiger partial charge on any atom is -0.462 e. The standard InChI is InChI=1S/C11H15NO4S2/c1-7-9(6-17-11(7)18(12,14)15)10(13)16-5-4-8-2-3-8/h6,8H,2-5H2,1H3,(H2,12,14,15). The van der Waals surface area contributed by atoms with Crippen molar-refractivity contribution in [2.24, 2.45) is 11.1 Å². The molecule has 100 valence electrons. The summed E-state index contributed by atoms with van der Waals surface area (Å²) in [5.41, 5.74) is 0.666. The van der Waals surface area contributed by atoms with Crippen LogP contribution in [0.25, 0.3) is 0 Å². The summed E-state index contributed by atoms with van der Waals surface area (Å²) in [4.78, 5) is 11.8. The van der Waals surface area contributed by atoms with Gasteiger partial charge in [0.25, 0.3) is 0 Å². The van der Waals surface area contributed by atoms with E-state index in [0.29, 0.717) is 23.7 Å². The van der Waals surface area contributed by atoms with Gasteiger partial charge in [0.15, 0.2) is 0 Å². The van der Waals surface area contributed by atoms with E-state index in [1.807, 2.05) is 0 Å². The van der Waals surface area contributed by atoms with Crippen molar-refractivity contribution in [3.8, 4) is 0 Å². The maximum atomic E-state index is 11.8. The summed E-state index contributed by atoms with van der Waals surface area (Å²) < 4.78 is 27.6. The highest BCUT2D eigenvalue weighted by Gasteiger charge is 2.24. The highest BCUT2D eigenvalue weighted by atomic mass is 32.2. The van der Waals surface area contributed by atoms with Crippen molar-refractivity contribution in [2.75, 3.05) is 6.61 Å². The molecule has 2 rings (SSSR count). The smallest absolute Gasteiger partial charge is 0.339 e. The molecule has 1 aromatic heterocycles. The molecule has 1 aromatic rings. The lowest BCUT2D eigenvalue weighted by Crippen LogP contribution is -2.13. The van der Waals surface area contributed by atoms with Gasteiger partial charge in [0.1, 0.15) is 4.21 Å². The van der Waals surface area contributed by atoms with Crippen molar-refractivity contribution in [2.45, 2.75) is 30.4 Å². The molecule has 0 aliphatic heterocycles. The van der Waals surface area contributed by atoms with E-state index in [-0.39, 0.29) is 4.21 Å². The van der Waals surface area contributed by atoms with Gasteiger partial charge in [0.2, 0.25) is 10.0 Å². The van der Waals surface area contributed by atoms with Gasteiger partial charge in [-0.2, -0.15) is 0 Å². The summed E-state index contributed by atoms with van der Waals surface area (Å²) in [5.74, 6) is 0.223. The Morgan fingerprint density at radius 3 is 2.72 bits per heavy atom. The third-order valence-corrected chi connectivity index (χ3v) is 5.61. The second-order valence-electron chi connectivity index (χ2n) is 4.47. The Labute approximate surface area is 110 Å². The molecule has 0 aromatic carbocycles. The topological polar surface area (TPSA) is 86.5 Å². The predicted molar refractivity (Wildman–Crippen MR) is 68.1 cm³/mol. The van der Waals surface area contributed by atoms with Gasteiger partial charge in [-0.15, -0.1) is 11.3 Å². The van der Waals surface area contributed by atoms with Crippen LogP contribution in [0.2, 0.25) is 0 Å². The molecular formula is C11H15NO4S2. The van der Waals surface area contributed by atoms with Gasteiger partial charge < -0.3 is 4.74 Å². The Kier molecular flexibility index (Phi) is 3.74. The summed E-state index contributed by atoms with van der Waals surface area (Å²) in [6.45, 7) is 1.96. The molecule has 0 amide bonds. The molecular weight excluding hydrogens is 274 g/mol. The summed E-state index contributed by atoms with van der Waals surface area (Å²) in [5, 5.41) is 6.53. The lowest BCUT2D eigenvalue weighted by atomic mass is 10.2. The molecule has 1 saturated carbocycles. The molecule has 5 nitrogen and oxygen atoms in total. The SMILES string of the molecule is Cc1c(C(=O)OCCC2CC2)csc1S(N)(=O)=O. The van der Waals surface area contributed by atoms with Crippen LogP contribution in [0.15, 0.2) is 9.59 Å². The number of ether oxygens (including phenoxy) is 1. The zero-order chi connectivity index (χ0) is 13.3. The first kappa shape index (κ1) is 13.5. The van der Waals surface area contributed by atoms with Crippen LogP contribution < -0.4 is 5.14 Å². The lowest BCUT2D eigenvalue weighted by molar-refractivity contribution is 0.0494. The third-order valence-electron chi connectivity index (χ3n) is 2.93. The molecule has 7 heteroatoms. The van der Waals surface area contributed by atoms with Crippen molar-refractivity contribution in [1.29, 1.82) is 0 Å². The predicted octanol–water partition coefficient (Wildman–Crippen LogP) is 1.66. The molecule has 1 fully saturated rings. The van der Waals surface area contributed by atoms with Crippen molar-refractivity contribution < 1.29 is 17.9 Å². The highest BCUT2D eigenvalue weighted by molar-refractivity contribution is 7.91. The first-order valence-electron chi connectivity index (χ1n) is 5.67. The van der Waals surface area contributed by atoms with Gasteiger partial charge >= 0.3 is 5.97 Å². The molecule has 1 heterocycles. The van der Waals surface area contributed by atoms with Gasteiger partial charge in [-0.3, -0.25) is 0 Å². The van der Waals surface area contributed by atoms with E-state index in [9.17, 15) is 13.2 Å². The molecule has 0 unspecified atom stereocenters. The summed E-state index contributed by atoms with van der Waals surface area (Å²) in [6.07, 6.45) is 3.31. The number of hydrogen-bond donors (Lipinski definition) is 1. The Morgan fingerprint density at radius 2 is 2.22 bits per heavy atom. The van der Waals surface area contributed by atoms with Crippen LogP contribution in [0.3, 0.4) is 0 Å². The summed E-state index contributed by atoms with van der Waals surface area (Å²) >= 11 is 0.950. The van der Waals surface area contributed by atoms with Gasteiger partial charge in [-0.1, -0.05) is 12.8 Å². The van der Waals surface area contributed by atoms with E-state index in [1.54, 1.807) is 6.92 Å². The third kappa shape index (κ3) is 3.09. The first-order chi connectivity index (χ1) is 8.39. The molecule has 0 bridgehead atoms. The number of rotatable bonds is 5. The fourth-order valence-corrected chi connectivity index (χ4v) is 3.69. The maximum Gasteiger partial charge on any atom is 0.339 e. The van der Waals surface area contributed by atoms with Crippen molar-refractivity contribution in [3.63, 3.8) is 0 Å². The average molecular weight is 289 g/mol. The first-order valence-corrected chi connectivity index (χ1v) is 8.10. The second kappa shape index (κ2) is 4.99. The number of primary sulfonamides is 1. The normalized spacial score (nSPS) is 15.7. The number of esters is 1. The molecule has 1 aliphatic rings. The van der Waals surface area contributed by atoms with Gasteiger partial charge in [0.05, 0.1) is 12.2 Å². The zero-order valence-electron chi connectivity index (χ0n) is 10.0. The monoisotopic (exact) mass is 289 g/mol. The molecule has 0 atom stereocenters. The zero-order valence-corrected chi connectivity index (χ0v) is 11.6. The van der Waals surface area contributed by atoms with Crippen LogP contribution in [-0.2, 0) is 14.8 Å². The minimum absolute atomic E-state index is 0.0247. The highest BCUT2D eigenvalue weighted by Crippen LogP contribution is 2.32. The average Bonchev–Trinajstić information content (AvgIpc) is 2.98. The largest absolute Gasteiger partial charge is 0.462 e. The number of sulfonamides is 1. The van der Waals surface area contributed by atoms with E-state index >= 15 is 0 Å². The molecule has 1 aliphatic carbocycles. The molecule has 18 heavy (non-hydrogen) atoms. The maximum absolute atomic E-state index is 11.8. The molecule has 0 radical (unpaired) electrons. The van der Waals surface area contributed by atoms with E-state index in [1.165, 1.54) is 18.2 Å². The Balaban J connectivity index is 2.03.